The highest BCUT2D eigenvalue weighted by atomic mass is 32.2. The zero-order chi connectivity index (χ0) is 29.2. The SMILES string of the molecule is CC.CC.FC(F)(F)c1cc(OSCSOc2cc(C(F)(F)F)cc(C(F)(F)F)c2)cc(C(F)(F)F)c1. The first-order chi connectivity index (χ1) is 16.9. The van der Waals surface area contributed by atoms with Gasteiger partial charge in [-0.2, -0.15) is 52.7 Å². The molecule has 0 aliphatic carbocycles. The Labute approximate surface area is 213 Å². The van der Waals surface area contributed by atoms with Crippen molar-refractivity contribution in [2.45, 2.75) is 52.4 Å². The molecule has 0 heterocycles. The van der Waals surface area contributed by atoms with E-state index in [-0.39, 0.29) is 60.5 Å². The molecule has 0 saturated carbocycles. The number of benzene rings is 2. The van der Waals surface area contributed by atoms with Crippen molar-refractivity contribution in [2.75, 3.05) is 5.08 Å². The van der Waals surface area contributed by atoms with Crippen LogP contribution in [0.3, 0.4) is 0 Å². The van der Waals surface area contributed by atoms with Crippen LogP contribution in [0.25, 0.3) is 0 Å². The fourth-order valence-electron chi connectivity index (χ4n) is 2.15. The fourth-order valence-corrected chi connectivity index (χ4v) is 3.16. The van der Waals surface area contributed by atoms with Crippen LogP contribution in [0, 0.1) is 0 Å². The average molecular weight is 596 g/mol. The van der Waals surface area contributed by atoms with Crippen molar-refractivity contribution in [3.05, 3.63) is 58.7 Å². The Bertz CT molecular complexity index is 826. The zero-order valence-corrected chi connectivity index (χ0v) is 21.0. The number of rotatable bonds is 6. The molecule has 2 aromatic carbocycles. The van der Waals surface area contributed by atoms with Crippen molar-refractivity contribution < 1.29 is 61.1 Å². The molecule has 2 aromatic rings. The minimum atomic E-state index is -5.11. The molecule has 0 aliphatic rings. The monoisotopic (exact) mass is 596 g/mol. The maximum Gasteiger partial charge on any atom is 0.416 e. The van der Waals surface area contributed by atoms with E-state index in [9.17, 15) is 52.7 Å². The van der Waals surface area contributed by atoms with Gasteiger partial charge in [-0.1, -0.05) is 27.7 Å². The summed E-state index contributed by atoms with van der Waals surface area (Å²) < 4.78 is 163. The molecule has 0 atom stereocenters. The van der Waals surface area contributed by atoms with Crippen molar-refractivity contribution >= 4 is 24.1 Å². The van der Waals surface area contributed by atoms with Crippen molar-refractivity contribution in [3.63, 3.8) is 0 Å². The van der Waals surface area contributed by atoms with Crippen molar-refractivity contribution in [2.24, 2.45) is 0 Å². The summed E-state index contributed by atoms with van der Waals surface area (Å²) in [6.07, 6.45) is -20.4. The quantitative estimate of drug-likeness (QED) is 0.143. The summed E-state index contributed by atoms with van der Waals surface area (Å²) in [5, 5.41) is -0.449. The lowest BCUT2D eigenvalue weighted by Gasteiger charge is -2.14. The van der Waals surface area contributed by atoms with E-state index in [1.807, 2.05) is 27.7 Å². The minimum absolute atomic E-state index is 0.124. The molecule has 0 unspecified atom stereocenters. The number of hydrogen-bond acceptors (Lipinski definition) is 4. The van der Waals surface area contributed by atoms with Gasteiger partial charge in [0.1, 0.15) is 16.6 Å². The van der Waals surface area contributed by atoms with Gasteiger partial charge in [0.25, 0.3) is 0 Å². The lowest BCUT2D eigenvalue weighted by atomic mass is 10.1. The summed E-state index contributed by atoms with van der Waals surface area (Å²) in [6.45, 7) is 8.00. The summed E-state index contributed by atoms with van der Waals surface area (Å²) in [5.41, 5.74) is -6.55. The average Bonchev–Trinajstić information content (AvgIpc) is 2.79. The highest BCUT2D eigenvalue weighted by Gasteiger charge is 2.38. The molecule has 37 heavy (non-hydrogen) atoms. The summed E-state index contributed by atoms with van der Waals surface area (Å²) in [4.78, 5) is 0. The normalized spacial score (nSPS) is 12.1. The first-order valence-corrected chi connectivity index (χ1v) is 11.9. The van der Waals surface area contributed by atoms with Gasteiger partial charge in [0.2, 0.25) is 0 Å². The van der Waals surface area contributed by atoms with Crippen LogP contribution in [0.4, 0.5) is 52.7 Å². The van der Waals surface area contributed by atoms with Crippen molar-refractivity contribution in [1.29, 1.82) is 0 Å². The van der Waals surface area contributed by atoms with Crippen molar-refractivity contribution in [3.8, 4) is 11.5 Å². The van der Waals surface area contributed by atoms with Gasteiger partial charge < -0.3 is 8.37 Å². The van der Waals surface area contributed by atoms with E-state index in [0.29, 0.717) is 0 Å². The van der Waals surface area contributed by atoms with E-state index >= 15 is 0 Å². The van der Waals surface area contributed by atoms with Gasteiger partial charge in [-0.05, 0) is 36.4 Å². The Morgan fingerprint density at radius 3 is 0.865 bits per heavy atom. The molecule has 0 radical (unpaired) electrons. The Balaban J connectivity index is 0.00000308. The molecular weight excluding hydrogens is 576 g/mol. The molecule has 2 rings (SSSR count). The number of hydrogen-bond donors (Lipinski definition) is 0. The highest BCUT2D eigenvalue weighted by molar-refractivity contribution is 8.12. The number of halogens is 12. The molecular formula is C21H20F12O2S2. The van der Waals surface area contributed by atoms with E-state index < -0.39 is 63.5 Å². The van der Waals surface area contributed by atoms with E-state index in [2.05, 4.69) is 0 Å². The van der Waals surface area contributed by atoms with Gasteiger partial charge >= 0.3 is 24.7 Å². The molecule has 0 fully saturated rings. The Kier molecular flexibility index (Phi) is 13.4. The second kappa shape index (κ2) is 14.2. The molecule has 0 aromatic heterocycles. The molecule has 0 saturated heterocycles. The standard InChI is InChI=1S/C17H8F12O2S2.2C2H6/c18-14(19,20)8-1-9(15(21,22)23)4-12(3-8)30-32-7-33-31-13-5-10(16(24,25)26)2-11(6-13)17(27,28)29;2*1-2/h1-6H,7H2;2*1-2H3. The summed E-state index contributed by atoms with van der Waals surface area (Å²) >= 11 is 0.485. The number of alkyl halides is 12. The fraction of sp³-hybridized carbons (Fsp3) is 0.429. The van der Waals surface area contributed by atoms with Crippen molar-refractivity contribution in [1.82, 2.24) is 0 Å². The van der Waals surface area contributed by atoms with E-state index in [4.69, 9.17) is 8.37 Å². The predicted molar refractivity (Wildman–Crippen MR) is 117 cm³/mol. The maximum atomic E-state index is 12.8. The predicted octanol–water partition coefficient (Wildman–Crippen LogP) is 10.5. The lowest BCUT2D eigenvalue weighted by molar-refractivity contribution is -0.144. The maximum absolute atomic E-state index is 12.8. The second-order valence-corrected chi connectivity index (χ2v) is 7.75. The van der Waals surface area contributed by atoms with Crippen LogP contribution in [0.1, 0.15) is 49.9 Å². The lowest BCUT2D eigenvalue weighted by Crippen LogP contribution is -2.11. The Morgan fingerprint density at radius 1 is 0.459 bits per heavy atom. The third-order valence-corrected chi connectivity index (χ3v) is 4.92. The largest absolute Gasteiger partial charge is 0.425 e. The minimum Gasteiger partial charge on any atom is -0.425 e. The Morgan fingerprint density at radius 2 is 0.676 bits per heavy atom. The zero-order valence-electron chi connectivity index (χ0n) is 19.3. The van der Waals surface area contributed by atoms with Crippen LogP contribution in [0.15, 0.2) is 36.4 Å². The molecule has 2 nitrogen and oxygen atoms in total. The van der Waals surface area contributed by atoms with Crippen LogP contribution < -0.4 is 8.37 Å². The first kappa shape index (κ1) is 34.9. The molecule has 0 amide bonds. The van der Waals surface area contributed by atoms with Crippen LogP contribution in [0.2, 0.25) is 0 Å². The summed E-state index contributed by atoms with van der Waals surface area (Å²) in [6, 6.07) is 0.904. The summed E-state index contributed by atoms with van der Waals surface area (Å²) in [7, 11) is 0. The molecule has 16 heteroatoms. The van der Waals surface area contributed by atoms with Crippen LogP contribution >= 0.6 is 24.1 Å². The molecule has 0 N–H and O–H groups in total. The van der Waals surface area contributed by atoms with Gasteiger partial charge in [-0.15, -0.1) is 0 Å². The van der Waals surface area contributed by atoms with E-state index in [0.717, 1.165) is 0 Å². The van der Waals surface area contributed by atoms with Crippen LogP contribution in [-0.4, -0.2) is 5.08 Å². The third-order valence-electron chi connectivity index (χ3n) is 3.53. The van der Waals surface area contributed by atoms with E-state index in [1.54, 1.807) is 0 Å². The summed E-state index contributed by atoms with van der Waals surface area (Å²) in [5.74, 6) is -1.66. The van der Waals surface area contributed by atoms with Crippen LogP contribution in [-0.2, 0) is 24.7 Å². The first-order valence-electron chi connectivity index (χ1n) is 10.1. The third kappa shape index (κ3) is 11.9. The van der Waals surface area contributed by atoms with Gasteiger partial charge in [-0.3, -0.25) is 0 Å². The highest BCUT2D eigenvalue weighted by Crippen LogP contribution is 2.40. The van der Waals surface area contributed by atoms with Gasteiger partial charge in [-0.25, -0.2) is 0 Å². The smallest absolute Gasteiger partial charge is 0.416 e. The molecule has 0 spiro atoms. The molecule has 212 valence electrons. The van der Waals surface area contributed by atoms with E-state index in [1.165, 1.54) is 0 Å². The second-order valence-electron chi connectivity index (χ2n) is 6.00. The Hall–Kier alpha value is -2.10. The van der Waals surface area contributed by atoms with Gasteiger partial charge in [0.15, 0.2) is 0 Å². The molecule has 0 bridgehead atoms. The topological polar surface area (TPSA) is 18.5 Å². The molecule has 0 aliphatic heterocycles. The van der Waals surface area contributed by atoms with Gasteiger partial charge in [0, 0.05) is 0 Å². The van der Waals surface area contributed by atoms with Crippen LogP contribution in [0.5, 0.6) is 11.5 Å². The van der Waals surface area contributed by atoms with Gasteiger partial charge in [0.05, 0.1) is 46.3 Å².